The van der Waals surface area contributed by atoms with E-state index in [1.54, 1.807) is 6.07 Å². The molecular formula is C13H19BrN2O2S. The van der Waals surface area contributed by atoms with E-state index in [-0.39, 0.29) is 0 Å². The van der Waals surface area contributed by atoms with Crippen molar-refractivity contribution in [2.24, 2.45) is 0 Å². The van der Waals surface area contributed by atoms with Gasteiger partial charge in [0.15, 0.2) is 9.84 Å². The van der Waals surface area contributed by atoms with E-state index < -0.39 is 9.84 Å². The van der Waals surface area contributed by atoms with E-state index in [1.807, 2.05) is 13.0 Å². The van der Waals surface area contributed by atoms with Gasteiger partial charge in [-0.15, -0.1) is 0 Å². The summed E-state index contributed by atoms with van der Waals surface area (Å²) < 4.78 is 24.0. The van der Waals surface area contributed by atoms with E-state index in [1.165, 1.54) is 6.26 Å². The molecule has 0 amide bonds. The van der Waals surface area contributed by atoms with Gasteiger partial charge in [0.25, 0.3) is 0 Å². The van der Waals surface area contributed by atoms with Gasteiger partial charge in [0, 0.05) is 36.1 Å². The van der Waals surface area contributed by atoms with Crippen LogP contribution in [-0.2, 0) is 9.84 Å². The summed E-state index contributed by atoms with van der Waals surface area (Å²) >= 11 is 3.38. The lowest BCUT2D eigenvalue weighted by molar-refractivity contribution is 0.601. The zero-order chi connectivity index (χ0) is 14.0. The highest BCUT2D eigenvalue weighted by atomic mass is 79.9. The highest BCUT2D eigenvalue weighted by Crippen LogP contribution is 2.31. The molecule has 4 nitrogen and oxygen atoms in total. The molecule has 0 spiro atoms. The Hall–Kier alpha value is -0.590. The van der Waals surface area contributed by atoms with Gasteiger partial charge in [-0.1, -0.05) is 0 Å². The SMILES string of the molecule is Cc1cc(S(C)(=O)=O)c(Br)cc1N1CCCNCC1. The van der Waals surface area contributed by atoms with Gasteiger partial charge in [0.2, 0.25) is 0 Å². The molecule has 0 aromatic heterocycles. The molecule has 0 bridgehead atoms. The molecule has 0 atom stereocenters. The number of hydrogen-bond donors (Lipinski definition) is 1. The topological polar surface area (TPSA) is 49.4 Å². The Morgan fingerprint density at radius 2 is 2.00 bits per heavy atom. The molecule has 1 aromatic carbocycles. The lowest BCUT2D eigenvalue weighted by Gasteiger charge is -2.25. The zero-order valence-corrected chi connectivity index (χ0v) is 13.6. The van der Waals surface area contributed by atoms with Gasteiger partial charge in [-0.3, -0.25) is 0 Å². The summed E-state index contributed by atoms with van der Waals surface area (Å²) in [4.78, 5) is 2.67. The first-order valence-corrected chi connectivity index (χ1v) is 9.04. The highest BCUT2D eigenvalue weighted by Gasteiger charge is 2.18. The molecule has 0 saturated carbocycles. The third kappa shape index (κ3) is 3.49. The van der Waals surface area contributed by atoms with Gasteiger partial charge >= 0.3 is 0 Å². The first-order chi connectivity index (χ1) is 8.89. The van der Waals surface area contributed by atoms with Gasteiger partial charge in [-0.25, -0.2) is 8.42 Å². The standard InChI is InChI=1S/C13H19BrN2O2S/c1-10-8-13(19(2,17)18)11(14)9-12(10)16-6-3-4-15-5-7-16/h8-9,15H,3-7H2,1-2H3. The van der Waals surface area contributed by atoms with Crippen LogP contribution in [0.4, 0.5) is 5.69 Å². The Kier molecular flexibility index (Phi) is 4.53. The predicted molar refractivity (Wildman–Crippen MR) is 81.7 cm³/mol. The molecule has 0 aliphatic carbocycles. The second-order valence-corrected chi connectivity index (χ2v) is 7.77. The number of nitrogens with zero attached hydrogens (tertiary/aromatic N) is 1. The monoisotopic (exact) mass is 346 g/mol. The molecule has 1 aliphatic rings. The van der Waals surface area contributed by atoms with Crippen LogP contribution >= 0.6 is 15.9 Å². The van der Waals surface area contributed by atoms with E-state index in [2.05, 4.69) is 26.1 Å². The van der Waals surface area contributed by atoms with Crippen molar-refractivity contribution in [1.29, 1.82) is 0 Å². The number of hydrogen-bond acceptors (Lipinski definition) is 4. The number of halogens is 1. The minimum Gasteiger partial charge on any atom is -0.370 e. The summed E-state index contributed by atoms with van der Waals surface area (Å²) in [5, 5.41) is 3.37. The van der Waals surface area contributed by atoms with E-state index in [4.69, 9.17) is 0 Å². The van der Waals surface area contributed by atoms with Crippen molar-refractivity contribution in [2.45, 2.75) is 18.2 Å². The van der Waals surface area contributed by atoms with E-state index >= 15 is 0 Å². The smallest absolute Gasteiger partial charge is 0.176 e. The number of rotatable bonds is 2. The molecule has 0 unspecified atom stereocenters. The first-order valence-electron chi connectivity index (χ1n) is 6.35. The van der Waals surface area contributed by atoms with Gasteiger partial charge in [0.1, 0.15) is 0 Å². The van der Waals surface area contributed by atoms with Crippen LogP contribution in [0.25, 0.3) is 0 Å². The van der Waals surface area contributed by atoms with Gasteiger partial charge in [0.05, 0.1) is 4.90 Å². The van der Waals surface area contributed by atoms with E-state index in [0.29, 0.717) is 9.37 Å². The molecule has 106 valence electrons. The second kappa shape index (κ2) is 5.81. The maximum atomic E-state index is 11.7. The summed E-state index contributed by atoms with van der Waals surface area (Å²) in [6.45, 7) is 5.92. The third-order valence-corrected chi connectivity index (χ3v) is 5.39. The van der Waals surface area contributed by atoms with Crippen LogP contribution in [0.1, 0.15) is 12.0 Å². The van der Waals surface area contributed by atoms with Gasteiger partial charge in [-0.05, 0) is 53.5 Å². The molecule has 19 heavy (non-hydrogen) atoms. The molecule has 1 heterocycles. The largest absolute Gasteiger partial charge is 0.370 e. The lowest BCUT2D eigenvalue weighted by Crippen LogP contribution is -2.28. The van der Waals surface area contributed by atoms with Crippen molar-refractivity contribution in [3.8, 4) is 0 Å². The summed E-state index contributed by atoms with van der Waals surface area (Å²) in [5.74, 6) is 0. The molecule has 1 fully saturated rings. The van der Waals surface area contributed by atoms with E-state index in [9.17, 15) is 8.42 Å². The molecular weight excluding hydrogens is 328 g/mol. The summed E-state index contributed by atoms with van der Waals surface area (Å²) in [7, 11) is -3.19. The number of aryl methyl sites for hydroxylation is 1. The molecule has 1 aliphatic heterocycles. The molecule has 0 radical (unpaired) electrons. The van der Waals surface area contributed by atoms with Crippen molar-refractivity contribution >= 4 is 31.5 Å². The Morgan fingerprint density at radius 3 is 2.68 bits per heavy atom. The van der Waals surface area contributed by atoms with Crippen molar-refractivity contribution in [2.75, 3.05) is 37.3 Å². The number of sulfone groups is 1. The van der Waals surface area contributed by atoms with Crippen molar-refractivity contribution in [1.82, 2.24) is 5.32 Å². The molecule has 1 N–H and O–H groups in total. The lowest BCUT2D eigenvalue weighted by atomic mass is 10.1. The van der Waals surface area contributed by atoms with Crippen LogP contribution in [0.2, 0.25) is 0 Å². The zero-order valence-electron chi connectivity index (χ0n) is 11.2. The van der Waals surface area contributed by atoms with Crippen molar-refractivity contribution < 1.29 is 8.42 Å². The van der Waals surface area contributed by atoms with Crippen LogP contribution in [-0.4, -0.2) is 40.9 Å². The maximum Gasteiger partial charge on any atom is 0.176 e. The van der Waals surface area contributed by atoms with Crippen molar-refractivity contribution in [3.63, 3.8) is 0 Å². The normalized spacial score (nSPS) is 17.3. The number of anilines is 1. The highest BCUT2D eigenvalue weighted by molar-refractivity contribution is 9.10. The fourth-order valence-electron chi connectivity index (χ4n) is 2.36. The second-order valence-electron chi connectivity index (χ2n) is 4.93. The fraction of sp³-hybridized carbons (Fsp3) is 0.538. The Labute approximate surface area is 123 Å². The van der Waals surface area contributed by atoms with Crippen LogP contribution in [0.3, 0.4) is 0 Å². The van der Waals surface area contributed by atoms with Crippen LogP contribution < -0.4 is 10.2 Å². The van der Waals surface area contributed by atoms with Crippen molar-refractivity contribution in [3.05, 3.63) is 22.2 Å². The summed E-state index contributed by atoms with van der Waals surface area (Å²) in [6, 6.07) is 3.68. The summed E-state index contributed by atoms with van der Waals surface area (Å²) in [5.41, 5.74) is 2.12. The molecule has 1 saturated heterocycles. The summed E-state index contributed by atoms with van der Waals surface area (Å²) in [6.07, 6.45) is 2.34. The molecule has 6 heteroatoms. The Bertz CT molecular complexity index is 564. The van der Waals surface area contributed by atoms with Gasteiger partial charge < -0.3 is 10.2 Å². The third-order valence-electron chi connectivity index (χ3n) is 3.33. The minimum atomic E-state index is -3.19. The average molecular weight is 347 g/mol. The minimum absolute atomic E-state index is 0.363. The quantitative estimate of drug-likeness (QED) is 0.889. The number of benzene rings is 1. The molecule has 1 aromatic rings. The van der Waals surface area contributed by atoms with E-state index in [0.717, 1.165) is 43.9 Å². The Balaban J connectivity index is 2.40. The van der Waals surface area contributed by atoms with Crippen LogP contribution in [0.15, 0.2) is 21.5 Å². The average Bonchev–Trinajstić information content (AvgIpc) is 2.59. The Morgan fingerprint density at radius 1 is 1.26 bits per heavy atom. The van der Waals surface area contributed by atoms with Crippen LogP contribution in [0.5, 0.6) is 0 Å². The molecule has 2 rings (SSSR count). The van der Waals surface area contributed by atoms with Gasteiger partial charge in [-0.2, -0.15) is 0 Å². The van der Waals surface area contributed by atoms with Crippen LogP contribution in [0, 0.1) is 6.92 Å². The maximum absolute atomic E-state index is 11.7. The number of nitrogens with one attached hydrogen (secondary N) is 1. The predicted octanol–water partition coefficient (Wildman–Crippen LogP) is 1.96. The first kappa shape index (κ1) is 14.8. The fourth-order valence-corrected chi connectivity index (χ4v) is 4.37.